The molecule has 0 atom stereocenters. The van der Waals surface area contributed by atoms with Crippen LogP contribution in [0.25, 0.3) is 6.08 Å². The monoisotopic (exact) mass is 324 g/mol. The number of halogens is 2. The lowest BCUT2D eigenvalue weighted by Crippen LogP contribution is -2.58. The Morgan fingerprint density at radius 1 is 1.35 bits per heavy atom. The summed E-state index contributed by atoms with van der Waals surface area (Å²) in [5.41, 5.74) is 2.30. The second-order valence-electron chi connectivity index (χ2n) is 6.25. The molecule has 0 aromatic carbocycles. The minimum absolute atomic E-state index is 0.0898. The highest BCUT2D eigenvalue weighted by molar-refractivity contribution is 5.66. The third kappa shape index (κ3) is 3.60. The van der Waals surface area contributed by atoms with Gasteiger partial charge in [-0.1, -0.05) is 11.6 Å². The Morgan fingerprint density at radius 3 is 2.57 bits per heavy atom. The first-order valence-electron chi connectivity index (χ1n) is 7.54. The van der Waals surface area contributed by atoms with E-state index in [-0.39, 0.29) is 11.3 Å². The molecule has 5 nitrogen and oxygen atoms in total. The standard InChI is InChI=1S/C16H18F2N2O3/c17-14(18)23-13-2-1-12(8-19-13)7-11-3-5-16(6-4-11)9-20(10-16)15(21)22/h1-2,7-8,14H,3-6,9-10H2,(H,21,22). The molecule has 1 aromatic heterocycles. The number of nitrogens with zero attached hydrogens (tertiary/aromatic N) is 2. The lowest BCUT2D eigenvalue weighted by molar-refractivity contribution is -0.0528. The second kappa shape index (κ2) is 6.14. The first-order valence-corrected chi connectivity index (χ1v) is 7.54. The first-order chi connectivity index (χ1) is 11.0. The zero-order chi connectivity index (χ0) is 16.4. The van der Waals surface area contributed by atoms with Gasteiger partial charge in [0.25, 0.3) is 0 Å². The summed E-state index contributed by atoms with van der Waals surface area (Å²) in [6.45, 7) is -1.60. The summed E-state index contributed by atoms with van der Waals surface area (Å²) in [5.74, 6) is -0.0898. The van der Waals surface area contributed by atoms with Crippen LogP contribution < -0.4 is 4.74 Å². The van der Waals surface area contributed by atoms with Crippen LogP contribution in [0.3, 0.4) is 0 Å². The molecule has 124 valence electrons. The van der Waals surface area contributed by atoms with E-state index in [4.69, 9.17) is 5.11 Å². The maximum Gasteiger partial charge on any atom is 0.407 e. The molecule has 2 heterocycles. The number of pyridine rings is 1. The van der Waals surface area contributed by atoms with Crippen molar-refractivity contribution >= 4 is 12.2 Å². The lowest BCUT2D eigenvalue weighted by Gasteiger charge is -2.51. The van der Waals surface area contributed by atoms with Crippen molar-refractivity contribution < 1.29 is 23.4 Å². The minimum atomic E-state index is -2.87. The Morgan fingerprint density at radius 2 is 2.04 bits per heavy atom. The number of alkyl halides is 2. The average Bonchev–Trinajstić information content (AvgIpc) is 2.47. The predicted octanol–water partition coefficient (Wildman–Crippen LogP) is 3.62. The van der Waals surface area contributed by atoms with Crippen molar-refractivity contribution in [2.24, 2.45) is 5.41 Å². The summed E-state index contributed by atoms with van der Waals surface area (Å²) >= 11 is 0. The van der Waals surface area contributed by atoms with Gasteiger partial charge in [-0.3, -0.25) is 0 Å². The van der Waals surface area contributed by atoms with E-state index in [1.54, 1.807) is 6.07 Å². The molecule has 0 radical (unpaired) electrons. The molecule has 1 saturated heterocycles. The molecular weight excluding hydrogens is 306 g/mol. The Bertz CT molecular complexity index is 598. The van der Waals surface area contributed by atoms with Crippen LogP contribution >= 0.6 is 0 Å². The van der Waals surface area contributed by atoms with E-state index in [9.17, 15) is 13.6 Å². The second-order valence-corrected chi connectivity index (χ2v) is 6.25. The Hall–Kier alpha value is -2.18. The summed E-state index contributed by atoms with van der Waals surface area (Å²) in [7, 11) is 0. The molecule has 1 N–H and O–H groups in total. The van der Waals surface area contributed by atoms with E-state index in [0.717, 1.165) is 31.2 Å². The number of hydrogen-bond acceptors (Lipinski definition) is 3. The zero-order valence-electron chi connectivity index (χ0n) is 12.5. The highest BCUT2D eigenvalue weighted by atomic mass is 19.3. The molecule has 1 aliphatic carbocycles. The van der Waals surface area contributed by atoms with Gasteiger partial charge < -0.3 is 14.7 Å². The van der Waals surface area contributed by atoms with Crippen LogP contribution in [-0.2, 0) is 0 Å². The maximum atomic E-state index is 12.1. The highest BCUT2D eigenvalue weighted by Crippen LogP contribution is 2.45. The Kier molecular flexibility index (Phi) is 4.19. The average molecular weight is 324 g/mol. The number of allylic oxidation sites excluding steroid dienone is 1. The van der Waals surface area contributed by atoms with E-state index in [2.05, 4.69) is 9.72 Å². The summed E-state index contributed by atoms with van der Waals surface area (Å²) < 4.78 is 28.4. The minimum Gasteiger partial charge on any atom is -0.465 e. The van der Waals surface area contributed by atoms with Crippen LogP contribution in [0.15, 0.2) is 23.9 Å². The van der Waals surface area contributed by atoms with E-state index < -0.39 is 12.7 Å². The quantitative estimate of drug-likeness (QED) is 0.922. The van der Waals surface area contributed by atoms with Crippen molar-refractivity contribution in [3.63, 3.8) is 0 Å². The molecule has 1 spiro atoms. The van der Waals surface area contributed by atoms with Gasteiger partial charge in [-0.25, -0.2) is 9.78 Å². The van der Waals surface area contributed by atoms with Crippen molar-refractivity contribution in [2.75, 3.05) is 13.1 Å². The van der Waals surface area contributed by atoms with Gasteiger partial charge in [0.15, 0.2) is 0 Å². The van der Waals surface area contributed by atoms with E-state index >= 15 is 0 Å². The normalized spacial score (nSPS) is 19.6. The summed E-state index contributed by atoms with van der Waals surface area (Å²) in [6, 6.07) is 3.14. The SMILES string of the molecule is O=C(O)N1CC2(CCC(=Cc3ccc(OC(F)F)nc3)CC2)C1. The van der Waals surface area contributed by atoms with Crippen molar-refractivity contribution in [2.45, 2.75) is 32.3 Å². The number of ether oxygens (including phenoxy) is 1. The fraction of sp³-hybridized carbons (Fsp3) is 0.500. The van der Waals surface area contributed by atoms with Crippen molar-refractivity contribution in [1.82, 2.24) is 9.88 Å². The molecule has 0 bridgehead atoms. The number of carbonyl (C=O) groups is 1. The van der Waals surface area contributed by atoms with Crippen LogP contribution in [0, 0.1) is 5.41 Å². The smallest absolute Gasteiger partial charge is 0.407 e. The summed E-state index contributed by atoms with van der Waals surface area (Å²) in [6.07, 6.45) is 6.55. The third-order valence-corrected chi connectivity index (χ3v) is 4.62. The van der Waals surface area contributed by atoms with E-state index in [1.807, 2.05) is 6.08 Å². The van der Waals surface area contributed by atoms with Gasteiger partial charge in [-0.05, 0) is 37.3 Å². The fourth-order valence-corrected chi connectivity index (χ4v) is 3.33. The fourth-order valence-electron chi connectivity index (χ4n) is 3.33. The van der Waals surface area contributed by atoms with Crippen LogP contribution in [0.5, 0.6) is 5.88 Å². The molecule has 2 fully saturated rings. The topological polar surface area (TPSA) is 62.7 Å². The molecule has 2 aliphatic rings. The number of likely N-dealkylation sites (tertiary alicyclic amines) is 1. The molecule has 0 unspecified atom stereocenters. The molecular formula is C16H18F2N2O3. The highest BCUT2D eigenvalue weighted by Gasteiger charge is 2.46. The van der Waals surface area contributed by atoms with Crippen LogP contribution in [-0.4, -0.2) is 40.8 Å². The number of carboxylic acid groups (broad SMARTS) is 1. The van der Waals surface area contributed by atoms with Gasteiger partial charge in [0.05, 0.1) is 0 Å². The Balaban J connectivity index is 1.55. The summed E-state index contributed by atoms with van der Waals surface area (Å²) in [5, 5.41) is 8.92. The van der Waals surface area contributed by atoms with Crippen molar-refractivity contribution in [3.05, 3.63) is 29.5 Å². The molecule has 1 aromatic rings. The molecule has 1 amide bonds. The van der Waals surface area contributed by atoms with Crippen LogP contribution in [0.2, 0.25) is 0 Å². The predicted molar refractivity (Wildman–Crippen MR) is 79.3 cm³/mol. The third-order valence-electron chi connectivity index (χ3n) is 4.62. The molecule has 3 rings (SSSR count). The zero-order valence-corrected chi connectivity index (χ0v) is 12.5. The number of rotatable bonds is 3. The van der Waals surface area contributed by atoms with Gasteiger partial charge in [-0.2, -0.15) is 8.78 Å². The van der Waals surface area contributed by atoms with Gasteiger partial charge in [0.1, 0.15) is 0 Å². The Labute approximate surface area is 132 Å². The van der Waals surface area contributed by atoms with Gasteiger partial charge >= 0.3 is 12.7 Å². The van der Waals surface area contributed by atoms with Crippen molar-refractivity contribution in [3.8, 4) is 5.88 Å². The molecule has 1 saturated carbocycles. The summed E-state index contributed by atoms with van der Waals surface area (Å²) in [4.78, 5) is 16.2. The van der Waals surface area contributed by atoms with Gasteiger partial charge in [0, 0.05) is 30.8 Å². The van der Waals surface area contributed by atoms with Gasteiger partial charge in [-0.15, -0.1) is 0 Å². The number of aromatic nitrogens is 1. The van der Waals surface area contributed by atoms with Crippen LogP contribution in [0.1, 0.15) is 31.2 Å². The van der Waals surface area contributed by atoms with E-state index in [0.29, 0.717) is 13.1 Å². The number of amides is 1. The molecule has 1 aliphatic heterocycles. The number of hydrogen-bond donors (Lipinski definition) is 1. The van der Waals surface area contributed by atoms with E-state index in [1.165, 1.54) is 22.7 Å². The van der Waals surface area contributed by atoms with Crippen molar-refractivity contribution in [1.29, 1.82) is 0 Å². The first kappa shape index (κ1) is 15.7. The molecule has 7 heteroatoms. The van der Waals surface area contributed by atoms with Gasteiger partial charge in [0.2, 0.25) is 5.88 Å². The lowest BCUT2D eigenvalue weighted by atomic mass is 9.67. The largest absolute Gasteiger partial charge is 0.465 e. The van der Waals surface area contributed by atoms with Crippen LogP contribution in [0.4, 0.5) is 13.6 Å². The maximum absolute atomic E-state index is 12.1. The molecule has 23 heavy (non-hydrogen) atoms.